The molecule has 2 N–H and O–H groups in total. The van der Waals surface area contributed by atoms with E-state index in [9.17, 15) is 4.79 Å². The number of ether oxygens (including phenoxy) is 1. The number of amides is 1. The number of hydrogen-bond donors (Lipinski definition) is 2. The van der Waals surface area contributed by atoms with Crippen LogP contribution in [0.15, 0.2) is 71.2 Å². The van der Waals surface area contributed by atoms with E-state index in [0.717, 1.165) is 21.4 Å². The highest BCUT2D eigenvalue weighted by molar-refractivity contribution is 9.10. The van der Waals surface area contributed by atoms with Gasteiger partial charge in [0.25, 0.3) is 5.91 Å². The second kappa shape index (κ2) is 9.42. The van der Waals surface area contributed by atoms with Crippen molar-refractivity contribution in [2.75, 3.05) is 17.2 Å². The number of halogens is 1. The Labute approximate surface area is 174 Å². The largest absolute Gasteiger partial charge is 0.483 e. The first-order valence-corrected chi connectivity index (χ1v) is 9.88. The molecule has 0 unspecified atom stereocenters. The van der Waals surface area contributed by atoms with E-state index in [1.807, 2.05) is 48.5 Å². The van der Waals surface area contributed by atoms with Crippen LogP contribution in [0, 0.1) is 13.8 Å². The lowest BCUT2D eigenvalue weighted by atomic mass is 10.1. The third-order valence-corrected chi connectivity index (χ3v) is 5.12. The molecule has 3 rings (SSSR count). The van der Waals surface area contributed by atoms with Gasteiger partial charge in [0.15, 0.2) is 6.61 Å². The number of rotatable bonds is 7. The Balaban J connectivity index is 1.55. The fourth-order valence-corrected chi connectivity index (χ4v) is 3.31. The van der Waals surface area contributed by atoms with E-state index in [0.29, 0.717) is 12.3 Å². The smallest absolute Gasteiger partial charge is 0.262 e. The van der Waals surface area contributed by atoms with Gasteiger partial charge in [-0.15, -0.1) is 0 Å². The Morgan fingerprint density at radius 2 is 1.79 bits per heavy atom. The molecule has 0 spiro atoms. The highest BCUT2D eigenvalue weighted by Gasteiger charge is 2.08. The average molecular weight is 439 g/mol. The summed E-state index contributed by atoms with van der Waals surface area (Å²) in [6.45, 7) is 4.88. The van der Waals surface area contributed by atoms with E-state index < -0.39 is 0 Å². The summed E-state index contributed by atoms with van der Waals surface area (Å²) in [6, 6.07) is 21.4. The van der Waals surface area contributed by atoms with E-state index in [4.69, 9.17) is 4.74 Å². The zero-order valence-electron chi connectivity index (χ0n) is 16.0. The van der Waals surface area contributed by atoms with Crippen LogP contribution >= 0.6 is 15.9 Å². The van der Waals surface area contributed by atoms with Gasteiger partial charge < -0.3 is 15.4 Å². The quantitative estimate of drug-likeness (QED) is 0.497. The fraction of sp³-hybridized carbons (Fsp3) is 0.174. The van der Waals surface area contributed by atoms with Crippen LogP contribution in [0.25, 0.3) is 0 Å². The van der Waals surface area contributed by atoms with E-state index in [1.165, 1.54) is 11.1 Å². The Hall–Kier alpha value is -2.79. The van der Waals surface area contributed by atoms with Crippen LogP contribution in [0.3, 0.4) is 0 Å². The minimum atomic E-state index is -0.196. The first kappa shape index (κ1) is 20.0. The predicted octanol–water partition coefficient (Wildman–Crippen LogP) is 5.70. The molecule has 0 heterocycles. The predicted molar refractivity (Wildman–Crippen MR) is 118 cm³/mol. The number of aryl methyl sites for hydroxylation is 1. The number of benzene rings is 3. The van der Waals surface area contributed by atoms with Gasteiger partial charge in [-0.05, 0) is 76.8 Å². The summed E-state index contributed by atoms with van der Waals surface area (Å²) < 4.78 is 6.46. The summed E-state index contributed by atoms with van der Waals surface area (Å²) in [6.07, 6.45) is 0. The number of nitrogens with one attached hydrogen (secondary N) is 2. The van der Waals surface area contributed by atoms with Gasteiger partial charge in [0.2, 0.25) is 0 Å². The third kappa shape index (κ3) is 5.36. The third-order valence-electron chi connectivity index (χ3n) is 4.50. The van der Waals surface area contributed by atoms with Gasteiger partial charge >= 0.3 is 0 Å². The zero-order chi connectivity index (χ0) is 19.9. The van der Waals surface area contributed by atoms with Gasteiger partial charge in [0, 0.05) is 17.9 Å². The van der Waals surface area contributed by atoms with Gasteiger partial charge in [-0.25, -0.2) is 0 Å². The highest BCUT2D eigenvalue weighted by Crippen LogP contribution is 2.27. The first-order chi connectivity index (χ1) is 13.5. The molecular weight excluding hydrogens is 416 g/mol. The van der Waals surface area contributed by atoms with E-state index >= 15 is 0 Å². The molecule has 3 aromatic carbocycles. The molecule has 144 valence electrons. The molecule has 0 radical (unpaired) electrons. The summed E-state index contributed by atoms with van der Waals surface area (Å²) in [4.78, 5) is 12.0. The van der Waals surface area contributed by atoms with Gasteiger partial charge in [-0.1, -0.05) is 36.4 Å². The number of carbonyl (C=O) groups excluding carboxylic acids is 1. The Morgan fingerprint density at radius 1 is 1.00 bits per heavy atom. The van der Waals surface area contributed by atoms with Gasteiger partial charge in [-0.3, -0.25) is 4.79 Å². The maximum atomic E-state index is 12.0. The number of anilines is 2. The minimum absolute atomic E-state index is 0.0480. The molecule has 0 aliphatic carbocycles. The lowest BCUT2D eigenvalue weighted by Gasteiger charge is -2.13. The van der Waals surface area contributed by atoms with Crippen LogP contribution in [0.5, 0.6) is 5.75 Å². The van der Waals surface area contributed by atoms with Crippen molar-refractivity contribution >= 4 is 33.2 Å². The van der Waals surface area contributed by atoms with Crippen molar-refractivity contribution < 1.29 is 9.53 Å². The number of carbonyl (C=O) groups is 1. The van der Waals surface area contributed by atoms with Gasteiger partial charge in [0.1, 0.15) is 5.75 Å². The molecule has 0 fully saturated rings. The normalized spacial score (nSPS) is 10.4. The summed E-state index contributed by atoms with van der Waals surface area (Å²) >= 11 is 3.53. The van der Waals surface area contributed by atoms with E-state index in [-0.39, 0.29) is 12.5 Å². The van der Waals surface area contributed by atoms with Crippen LogP contribution in [0.4, 0.5) is 11.4 Å². The Kier molecular flexibility index (Phi) is 6.71. The molecular formula is C23H23BrN2O2. The molecule has 0 aromatic heterocycles. The average Bonchev–Trinajstić information content (AvgIpc) is 2.69. The molecule has 28 heavy (non-hydrogen) atoms. The highest BCUT2D eigenvalue weighted by atomic mass is 79.9. The second-order valence-corrected chi connectivity index (χ2v) is 7.42. The fourth-order valence-electron chi connectivity index (χ4n) is 2.77. The van der Waals surface area contributed by atoms with Gasteiger partial charge in [0.05, 0.1) is 4.47 Å². The summed E-state index contributed by atoms with van der Waals surface area (Å²) in [5, 5.41) is 6.27. The topological polar surface area (TPSA) is 50.4 Å². The van der Waals surface area contributed by atoms with Crippen molar-refractivity contribution in [3.8, 4) is 5.75 Å². The van der Waals surface area contributed by atoms with Crippen LogP contribution in [-0.4, -0.2) is 12.5 Å². The van der Waals surface area contributed by atoms with Crippen molar-refractivity contribution in [3.63, 3.8) is 0 Å². The molecule has 0 saturated carbocycles. The monoisotopic (exact) mass is 438 g/mol. The molecule has 0 atom stereocenters. The lowest BCUT2D eigenvalue weighted by Crippen LogP contribution is -2.20. The van der Waals surface area contributed by atoms with E-state index in [2.05, 4.69) is 58.6 Å². The van der Waals surface area contributed by atoms with Crippen molar-refractivity contribution in [2.45, 2.75) is 20.4 Å². The SMILES string of the molecule is Cc1cccc(NCc2ccc(OCC(=O)Nc3ccccc3)c(Br)c2)c1C. The first-order valence-electron chi connectivity index (χ1n) is 9.09. The molecule has 1 amide bonds. The summed E-state index contributed by atoms with van der Waals surface area (Å²) in [5.41, 5.74) is 5.53. The maximum Gasteiger partial charge on any atom is 0.262 e. The molecule has 0 bridgehead atoms. The molecule has 0 saturated heterocycles. The number of para-hydroxylation sites is 1. The maximum absolute atomic E-state index is 12.0. The van der Waals surface area contributed by atoms with Crippen molar-refractivity contribution in [3.05, 3.63) is 87.9 Å². The molecule has 0 aliphatic heterocycles. The lowest BCUT2D eigenvalue weighted by molar-refractivity contribution is -0.118. The van der Waals surface area contributed by atoms with Crippen molar-refractivity contribution in [2.24, 2.45) is 0 Å². The zero-order valence-corrected chi connectivity index (χ0v) is 17.5. The van der Waals surface area contributed by atoms with Crippen molar-refractivity contribution in [1.29, 1.82) is 0 Å². The molecule has 0 aliphatic rings. The van der Waals surface area contributed by atoms with Crippen LogP contribution < -0.4 is 15.4 Å². The minimum Gasteiger partial charge on any atom is -0.483 e. The molecule has 3 aromatic rings. The van der Waals surface area contributed by atoms with E-state index in [1.54, 1.807) is 0 Å². The van der Waals surface area contributed by atoms with Crippen LogP contribution in [-0.2, 0) is 11.3 Å². The Morgan fingerprint density at radius 3 is 2.54 bits per heavy atom. The summed E-state index contributed by atoms with van der Waals surface area (Å²) in [5.74, 6) is 0.442. The standard InChI is InChI=1S/C23H23BrN2O2/c1-16-7-6-10-21(17(16)2)25-14-18-11-12-22(20(24)13-18)28-15-23(27)26-19-8-4-3-5-9-19/h3-13,25H,14-15H2,1-2H3,(H,26,27). The molecule has 5 heteroatoms. The number of hydrogen-bond acceptors (Lipinski definition) is 3. The Bertz CT molecular complexity index is 958. The van der Waals surface area contributed by atoms with Gasteiger partial charge in [-0.2, -0.15) is 0 Å². The van der Waals surface area contributed by atoms with Crippen LogP contribution in [0.2, 0.25) is 0 Å². The van der Waals surface area contributed by atoms with Crippen LogP contribution in [0.1, 0.15) is 16.7 Å². The molecule has 4 nitrogen and oxygen atoms in total. The second-order valence-electron chi connectivity index (χ2n) is 6.57. The van der Waals surface area contributed by atoms with Crippen molar-refractivity contribution in [1.82, 2.24) is 0 Å². The summed E-state index contributed by atoms with van der Waals surface area (Å²) in [7, 11) is 0.